The first-order valence-electron chi connectivity index (χ1n) is 18.7. The van der Waals surface area contributed by atoms with E-state index in [-0.39, 0.29) is 16.2 Å². The minimum Gasteiger partial charge on any atom is -0.457 e. The van der Waals surface area contributed by atoms with E-state index in [1.807, 2.05) is 12.3 Å². The van der Waals surface area contributed by atoms with E-state index in [2.05, 4.69) is 192 Å². The Labute approximate surface area is 314 Å². The number of ether oxygens (including phenoxy) is 1. The maximum absolute atomic E-state index is 6.73. The minimum absolute atomic E-state index is 0.00431. The van der Waals surface area contributed by atoms with Crippen LogP contribution in [0.4, 0.5) is 22.7 Å². The minimum atomic E-state index is -0.0336. The van der Waals surface area contributed by atoms with Crippen LogP contribution < -0.4 is 14.5 Å². The molecule has 0 radical (unpaired) electrons. The molecule has 5 heteroatoms. The van der Waals surface area contributed by atoms with E-state index >= 15 is 0 Å². The van der Waals surface area contributed by atoms with Crippen molar-refractivity contribution in [2.45, 2.75) is 78.6 Å². The Morgan fingerprint density at radius 2 is 1.15 bits per heavy atom. The van der Waals surface area contributed by atoms with Gasteiger partial charge in [0.2, 0.25) is 0 Å². The van der Waals surface area contributed by atoms with E-state index in [0.29, 0.717) is 6.67 Å². The quantitative estimate of drug-likeness (QED) is 0.179. The molecule has 1 aliphatic heterocycles. The van der Waals surface area contributed by atoms with Gasteiger partial charge in [-0.15, -0.1) is 0 Å². The van der Waals surface area contributed by atoms with Crippen molar-refractivity contribution in [3.05, 3.63) is 144 Å². The summed E-state index contributed by atoms with van der Waals surface area (Å²) in [4.78, 5) is 9.70. The van der Waals surface area contributed by atoms with Crippen LogP contribution in [0.5, 0.6) is 11.5 Å². The lowest BCUT2D eigenvalue weighted by Gasteiger charge is -2.25. The number of benzene rings is 5. The lowest BCUT2D eigenvalue weighted by molar-refractivity contribution is 0.483. The molecular formula is C48H50N4O. The van der Waals surface area contributed by atoms with Crippen LogP contribution in [0, 0.1) is 0 Å². The molecule has 0 saturated heterocycles. The fraction of sp³-hybridized carbons (Fsp3) is 0.271. The van der Waals surface area contributed by atoms with Gasteiger partial charge < -0.3 is 14.5 Å². The SMILES string of the molecule is CC(C)(C)c1cccc(N2CN(c3cccc(Oc4ccc5c6c(C(C)(C)C)cccc6n(-c6cc(C(C)(C)C)ccn6)c5c4)c3)c3ccccc32)c1. The molecule has 0 fully saturated rings. The molecule has 268 valence electrons. The maximum atomic E-state index is 6.73. The standard InChI is InChI=1S/C48H50N4O/c1-46(2,3)32-15-12-16-34(27-32)50-31-51(41-21-11-10-20-40(41)50)35-17-13-18-36(29-35)53-37-23-24-38-43(30-37)52(44-28-33(25-26-49-44)47(4,5)6)42-22-14-19-39(45(38)42)48(7,8)9/h10-30H,31H2,1-9H3. The van der Waals surface area contributed by atoms with Crippen molar-refractivity contribution in [3.8, 4) is 17.3 Å². The van der Waals surface area contributed by atoms with Gasteiger partial charge in [-0.25, -0.2) is 4.98 Å². The molecule has 0 atom stereocenters. The predicted octanol–water partition coefficient (Wildman–Crippen LogP) is 13.1. The van der Waals surface area contributed by atoms with E-state index in [4.69, 9.17) is 9.72 Å². The highest BCUT2D eigenvalue weighted by molar-refractivity contribution is 6.11. The van der Waals surface area contributed by atoms with Crippen LogP contribution in [0.25, 0.3) is 27.6 Å². The van der Waals surface area contributed by atoms with Crippen molar-refractivity contribution in [2.75, 3.05) is 16.5 Å². The number of pyridine rings is 1. The molecule has 8 rings (SSSR count). The van der Waals surface area contributed by atoms with Crippen molar-refractivity contribution in [1.29, 1.82) is 0 Å². The molecule has 0 saturated carbocycles. The highest BCUT2D eigenvalue weighted by Crippen LogP contribution is 2.46. The first-order valence-corrected chi connectivity index (χ1v) is 18.7. The van der Waals surface area contributed by atoms with Crippen LogP contribution in [0.1, 0.15) is 79.0 Å². The van der Waals surface area contributed by atoms with Crippen molar-refractivity contribution in [1.82, 2.24) is 9.55 Å². The molecule has 1 aliphatic rings. The van der Waals surface area contributed by atoms with Crippen molar-refractivity contribution < 1.29 is 4.74 Å². The summed E-state index contributed by atoms with van der Waals surface area (Å²) in [7, 11) is 0. The fourth-order valence-electron chi connectivity index (χ4n) is 7.64. The molecule has 0 spiro atoms. The van der Waals surface area contributed by atoms with Gasteiger partial charge in [-0.3, -0.25) is 4.57 Å². The Morgan fingerprint density at radius 3 is 1.83 bits per heavy atom. The predicted molar refractivity (Wildman–Crippen MR) is 223 cm³/mol. The summed E-state index contributed by atoms with van der Waals surface area (Å²) in [5, 5.41) is 2.45. The van der Waals surface area contributed by atoms with Crippen LogP contribution in [0.3, 0.4) is 0 Å². The van der Waals surface area contributed by atoms with Crippen molar-refractivity contribution in [2.24, 2.45) is 0 Å². The van der Waals surface area contributed by atoms with Gasteiger partial charge >= 0.3 is 0 Å². The van der Waals surface area contributed by atoms with Gasteiger partial charge in [0.15, 0.2) is 0 Å². The largest absolute Gasteiger partial charge is 0.457 e. The summed E-state index contributed by atoms with van der Waals surface area (Å²) in [6.45, 7) is 21.1. The number of para-hydroxylation sites is 2. The van der Waals surface area contributed by atoms with Gasteiger partial charge in [-0.1, -0.05) is 105 Å². The average Bonchev–Trinajstić information content (AvgIpc) is 3.67. The smallest absolute Gasteiger partial charge is 0.137 e. The van der Waals surface area contributed by atoms with Gasteiger partial charge in [0.05, 0.1) is 22.4 Å². The molecule has 0 amide bonds. The number of aromatic nitrogens is 2. The number of anilines is 4. The normalized spacial score (nSPS) is 13.6. The van der Waals surface area contributed by atoms with E-state index < -0.39 is 0 Å². The van der Waals surface area contributed by atoms with Crippen molar-refractivity contribution in [3.63, 3.8) is 0 Å². The maximum Gasteiger partial charge on any atom is 0.137 e. The monoisotopic (exact) mass is 698 g/mol. The van der Waals surface area contributed by atoms with E-state index in [1.165, 1.54) is 44.5 Å². The first kappa shape index (κ1) is 34.5. The Hall–Kier alpha value is -5.55. The van der Waals surface area contributed by atoms with E-state index in [0.717, 1.165) is 34.0 Å². The molecule has 0 unspecified atom stereocenters. The molecular weight excluding hydrogens is 649 g/mol. The molecule has 0 N–H and O–H groups in total. The molecule has 3 heterocycles. The van der Waals surface area contributed by atoms with E-state index in [9.17, 15) is 0 Å². The van der Waals surface area contributed by atoms with Gasteiger partial charge in [0, 0.05) is 40.5 Å². The van der Waals surface area contributed by atoms with Gasteiger partial charge in [0.25, 0.3) is 0 Å². The van der Waals surface area contributed by atoms with Crippen LogP contribution in [-0.4, -0.2) is 16.2 Å². The summed E-state index contributed by atoms with van der Waals surface area (Å²) in [6, 6.07) is 43.6. The number of hydrogen-bond acceptors (Lipinski definition) is 4. The number of hydrogen-bond donors (Lipinski definition) is 0. The Kier molecular flexibility index (Phi) is 8.17. The third-order valence-corrected chi connectivity index (χ3v) is 10.5. The second-order valence-corrected chi connectivity index (χ2v) is 17.5. The first-order chi connectivity index (χ1) is 25.2. The Balaban J connectivity index is 1.19. The zero-order valence-corrected chi connectivity index (χ0v) is 32.5. The zero-order chi connectivity index (χ0) is 37.3. The van der Waals surface area contributed by atoms with Gasteiger partial charge in [-0.05, 0) is 99.7 Å². The van der Waals surface area contributed by atoms with Gasteiger partial charge in [-0.2, -0.15) is 0 Å². The second-order valence-electron chi connectivity index (χ2n) is 17.5. The Morgan fingerprint density at radius 1 is 0.528 bits per heavy atom. The summed E-state index contributed by atoms with van der Waals surface area (Å²) in [5.74, 6) is 2.48. The second kappa shape index (κ2) is 12.5. The Bertz CT molecular complexity index is 2490. The van der Waals surface area contributed by atoms with Crippen molar-refractivity contribution >= 4 is 44.6 Å². The molecule has 7 aromatic rings. The summed E-state index contributed by atoms with van der Waals surface area (Å²) < 4.78 is 9.04. The molecule has 53 heavy (non-hydrogen) atoms. The summed E-state index contributed by atoms with van der Waals surface area (Å²) in [6.07, 6.45) is 1.94. The van der Waals surface area contributed by atoms with Gasteiger partial charge in [0.1, 0.15) is 24.0 Å². The third kappa shape index (κ3) is 6.33. The molecule has 5 nitrogen and oxygen atoms in total. The molecule has 2 aromatic heterocycles. The topological polar surface area (TPSA) is 33.5 Å². The van der Waals surface area contributed by atoms with E-state index in [1.54, 1.807) is 0 Å². The lowest BCUT2D eigenvalue weighted by Crippen LogP contribution is -2.24. The molecule has 0 aliphatic carbocycles. The zero-order valence-electron chi connectivity index (χ0n) is 32.5. The third-order valence-electron chi connectivity index (χ3n) is 10.5. The highest BCUT2D eigenvalue weighted by atomic mass is 16.5. The fourth-order valence-corrected chi connectivity index (χ4v) is 7.64. The summed E-state index contributed by atoms with van der Waals surface area (Å²) >= 11 is 0. The number of rotatable bonds is 5. The molecule has 0 bridgehead atoms. The lowest BCUT2D eigenvalue weighted by atomic mass is 9.84. The van der Waals surface area contributed by atoms with Crippen LogP contribution in [0.15, 0.2) is 128 Å². The highest BCUT2D eigenvalue weighted by Gasteiger charge is 2.29. The summed E-state index contributed by atoms with van der Waals surface area (Å²) in [5.41, 5.74) is 10.8. The van der Waals surface area contributed by atoms with Crippen LogP contribution in [0.2, 0.25) is 0 Å². The number of fused-ring (bicyclic) bond motifs is 4. The average molecular weight is 699 g/mol. The molecule has 5 aromatic carbocycles. The van der Waals surface area contributed by atoms with Crippen LogP contribution in [-0.2, 0) is 16.2 Å². The van der Waals surface area contributed by atoms with Crippen LogP contribution >= 0.6 is 0 Å². The number of nitrogens with zero attached hydrogens (tertiary/aromatic N) is 4.